The Labute approximate surface area is 79.1 Å². The van der Waals surface area contributed by atoms with E-state index in [0.717, 1.165) is 6.92 Å². The predicted molar refractivity (Wildman–Crippen MR) is 44.2 cm³/mol. The van der Waals surface area contributed by atoms with Gasteiger partial charge in [0, 0.05) is 6.92 Å². The van der Waals surface area contributed by atoms with Crippen LogP contribution in [-0.2, 0) is 14.4 Å². The summed E-state index contributed by atoms with van der Waals surface area (Å²) in [4.78, 5) is 31.6. The summed E-state index contributed by atoms with van der Waals surface area (Å²) in [7, 11) is 0. The van der Waals surface area contributed by atoms with Crippen LogP contribution < -0.4 is 11.2 Å². The number of carboxylic acid groups (broad SMARTS) is 1. The standard InChI is InChI=1S/C6H10N4O4/c1-3(11)5(12)8-2-4(6(13)14)9-10-7/h4H,2H2,1H3,(H2,7,9)(H,8,12)(H,13,14). The summed E-state index contributed by atoms with van der Waals surface area (Å²) < 4.78 is 0. The van der Waals surface area contributed by atoms with E-state index in [1.165, 1.54) is 0 Å². The molecular formula is C6H10N4O4. The van der Waals surface area contributed by atoms with Gasteiger partial charge in [-0.05, 0) is 0 Å². The maximum Gasteiger partial charge on any atom is 0.332 e. The molecule has 0 spiro atoms. The number of amides is 1. The number of carbonyl (C=O) groups excluding carboxylic acids is 2. The summed E-state index contributed by atoms with van der Waals surface area (Å²) in [6.45, 7) is 0.740. The van der Waals surface area contributed by atoms with E-state index < -0.39 is 23.7 Å². The number of rotatable bonds is 5. The molecule has 0 aliphatic rings. The van der Waals surface area contributed by atoms with Crippen LogP contribution in [0.3, 0.4) is 0 Å². The molecule has 0 aromatic carbocycles. The minimum absolute atomic E-state index is 0.325. The highest BCUT2D eigenvalue weighted by Gasteiger charge is 2.18. The zero-order valence-corrected chi connectivity index (χ0v) is 7.43. The number of nitrogens with one attached hydrogen (secondary N) is 1. The quantitative estimate of drug-likeness (QED) is 0.215. The first-order valence-electron chi connectivity index (χ1n) is 3.60. The molecule has 14 heavy (non-hydrogen) atoms. The first kappa shape index (κ1) is 12.0. The summed E-state index contributed by atoms with van der Waals surface area (Å²) in [6, 6.07) is -1.27. The molecule has 8 nitrogen and oxygen atoms in total. The van der Waals surface area contributed by atoms with Gasteiger partial charge in [0.05, 0.1) is 6.54 Å². The van der Waals surface area contributed by atoms with Crippen molar-refractivity contribution in [3.05, 3.63) is 0 Å². The second-order valence-electron chi connectivity index (χ2n) is 2.35. The highest BCUT2D eigenvalue weighted by atomic mass is 16.4. The van der Waals surface area contributed by atoms with Crippen LogP contribution in [-0.4, -0.2) is 35.4 Å². The topological polar surface area (TPSA) is 134 Å². The zero-order chi connectivity index (χ0) is 11.1. The molecule has 0 aromatic rings. The number of ketones is 1. The number of hydrogen-bond donors (Lipinski definition) is 3. The molecule has 8 heteroatoms. The second kappa shape index (κ2) is 5.62. The maximum atomic E-state index is 10.7. The monoisotopic (exact) mass is 202 g/mol. The molecule has 1 unspecified atom stereocenters. The molecule has 1 atom stereocenters. The molecule has 0 radical (unpaired) electrons. The molecule has 4 N–H and O–H groups in total. The smallest absolute Gasteiger partial charge is 0.332 e. The summed E-state index contributed by atoms with van der Waals surface area (Å²) in [5.41, 5.74) is 0. The number of hydrogen-bond acceptors (Lipinski definition) is 5. The van der Waals surface area contributed by atoms with Gasteiger partial charge in [0.25, 0.3) is 5.91 Å². The third-order valence-corrected chi connectivity index (χ3v) is 1.27. The lowest BCUT2D eigenvalue weighted by atomic mass is 10.3. The van der Waals surface area contributed by atoms with Gasteiger partial charge in [0.2, 0.25) is 5.78 Å². The SMILES string of the molecule is CC(=O)C(=O)NCC(N=NN)C(=O)O. The number of nitrogens with zero attached hydrogens (tertiary/aromatic N) is 2. The number of carbonyl (C=O) groups is 3. The normalized spacial score (nSPS) is 12.4. The van der Waals surface area contributed by atoms with Crippen molar-refractivity contribution in [3.63, 3.8) is 0 Å². The van der Waals surface area contributed by atoms with Crippen molar-refractivity contribution in [2.45, 2.75) is 13.0 Å². The largest absolute Gasteiger partial charge is 0.480 e. The molecular weight excluding hydrogens is 192 g/mol. The molecule has 0 saturated heterocycles. The van der Waals surface area contributed by atoms with Crippen LogP contribution >= 0.6 is 0 Å². The average Bonchev–Trinajstić information content (AvgIpc) is 2.10. The molecule has 0 aliphatic heterocycles. The van der Waals surface area contributed by atoms with Gasteiger partial charge in [-0.1, -0.05) is 5.22 Å². The van der Waals surface area contributed by atoms with Crippen molar-refractivity contribution in [1.82, 2.24) is 5.32 Å². The minimum Gasteiger partial charge on any atom is -0.480 e. The number of nitrogens with two attached hydrogens (primary N) is 1. The average molecular weight is 202 g/mol. The van der Waals surface area contributed by atoms with E-state index in [1.54, 1.807) is 0 Å². The van der Waals surface area contributed by atoms with Gasteiger partial charge in [0.15, 0.2) is 6.04 Å². The Morgan fingerprint density at radius 2 is 2.07 bits per heavy atom. The molecule has 1 amide bonds. The Morgan fingerprint density at radius 1 is 1.50 bits per heavy atom. The van der Waals surface area contributed by atoms with E-state index in [2.05, 4.69) is 21.5 Å². The van der Waals surface area contributed by atoms with Crippen molar-refractivity contribution in [2.75, 3.05) is 6.54 Å². The third kappa shape index (κ3) is 4.14. The van der Waals surface area contributed by atoms with Crippen LogP contribution in [0.25, 0.3) is 0 Å². The van der Waals surface area contributed by atoms with Crippen molar-refractivity contribution < 1.29 is 19.5 Å². The second-order valence-corrected chi connectivity index (χ2v) is 2.35. The first-order valence-corrected chi connectivity index (χ1v) is 3.60. The summed E-state index contributed by atoms with van der Waals surface area (Å²) >= 11 is 0. The number of aliphatic carboxylic acids is 1. The Morgan fingerprint density at radius 3 is 2.43 bits per heavy atom. The van der Waals surface area contributed by atoms with Gasteiger partial charge < -0.3 is 16.3 Å². The van der Waals surface area contributed by atoms with Gasteiger partial charge >= 0.3 is 5.97 Å². The molecule has 0 aliphatic carbocycles. The lowest BCUT2D eigenvalue weighted by Crippen LogP contribution is -2.38. The van der Waals surface area contributed by atoms with Crippen LogP contribution in [0.1, 0.15) is 6.92 Å². The highest BCUT2D eigenvalue weighted by molar-refractivity contribution is 6.35. The van der Waals surface area contributed by atoms with E-state index in [1.807, 2.05) is 0 Å². The van der Waals surface area contributed by atoms with Gasteiger partial charge in [-0.15, -0.1) is 0 Å². The Hall–Kier alpha value is -1.99. The third-order valence-electron chi connectivity index (χ3n) is 1.27. The van der Waals surface area contributed by atoms with Crippen LogP contribution in [0, 0.1) is 0 Å². The van der Waals surface area contributed by atoms with Crippen molar-refractivity contribution in [1.29, 1.82) is 0 Å². The number of Topliss-reactive ketones (excluding diaryl/α,β-unsaturated/α-hetero) is 1. The van der Waals surface area contributed by atoms with Gasteiger partial charge in [0.1, 0.15) is 0 Å². The Bertz CT molecular complexity index is 275. The first-order chi connectivity index (χ1) is 6.49. The van der Waals surface area contributed by atoms with E-state index >= 15 is 0 Å². The van der Waals surface area contributed by atoms with Crippen LogP contribution in [0.2, 0.25) is 0 Å². The fourth-order valence-electron chi connectivity index (χ4n) is 0.572. The lowest BCUT2D eigenvalue weighted by Gasteiger charge is -2.05. The fourth-order valence-corrected chi connectivity index (χ4v) is 0.572. The summed E-state index contributed by atoms with van der Waals surface area (Å²) in [5.74, 6) is 1.78. The van der Waals surface area contributed by atoms with E-state index in [9.17, 15) is 14.4 Å². The van der Waals surface area contributed by atoms with Gasteiger partial charge in [-0.2, -0.15) is 5.11 Å². The summed E-state index contributed by atoms with van der Waals surface area (Å²) in [5, 5.41) is 16.5. The summed E-state index contributed by atoms with van der Waals surface area (Å²) in [6.07, 6.45) is 0. The molecule has 0 saturated carbocycles. The Kier molecular flexibility index (Phi) is 4.82. The molecule has 0 rings (SSSR count). The van der Waals surface area contributed by atoms with Crippen molar-refractivity contribution in [3.8, 4) is 0 Å². The highest BCUT2D eigenvalue weighted by Crippen LogP contribution is 1.89. The molecule has 0 heterocycles. The minimum atomic E-state index is -1.29. The van der Waals surface area contributed by atoms with E-state index in [-0.39, 0.29) is 6.54 Å². The van der Waals surface area contributed by atoms with Crippen LogP contribution in [0.4, 0.5) is 0 Å². The predicted octanol–water partition coefficient (Wildman–Crippen LogP) is -1.53. The van der Waals surface area contributed by atoms with Gasteiger partial charge in [-0.3, -0.25) is 9.59 Å². The molecule has 0 bridgehead atoms. The van der Waals surface area contributed by atoms with Gasteiger partial charge in [-0.25, -0.2) is 4.79 Å². The fraction of sp³-hybridized carbons (Fsp3) is 0.500. The molecule has 0 fully saturated rings. The number of carboxylic acids is 1. The van der Waals surface area contributed by atoms with E-state index in [0.29, 0.717) is 0 Å². The Balaban J connectivity index is 4.13. The van der Waals surface area contributed by atoms with Crippen molar-refractivity contribution >= 4 is 17.7 Å². The molecule has 0 aromatic heterocycles. The lowest BCUT2D eigenvalue weighted by molar-refractivity contribution is -0.139. The molecule has 78 valence electrons. The maximum absolute atomic E-state index is 10.7. The van der Waals surface area contributed by atoms with E-state index in [4.69, 9.17) is 5.11 Å². The zero-order valence-electron chi connectivity index (χ0n) is 7.43. The van der Waals surface area contributed by atoms with Crippen LogP contribution in [0.15, 0.2) is 10.3 Å². The van der Waals surface area contributed by atoms with Crippen molar-refractivity contribution in [2.24, 2.45) is 16.2 Å². The van der Waals surface area contributed by atoms with Crippen LogP contribution in [0.5, 0.6) is 0 Å².